The van der Waals surface area contributed by atoms with Gasteiger partial charge in [-0.2, -0.15) is 0 Å². The molecular weight excluding hydrogens is 511 g/mol. The Labute approximate surface area is 209 Å². The predicted octanol–water partition coefficient (Wildman–Crippen LogP) is 4.63. The van der Waals surface area contributed by atoms with Crippen LogP contribution in [-0.4, -0.2) is 39.6 Å². The highest BCUT2D eigenvalue weighted by molar-refractivity contribution is 7.46. The third kappa shape index (κ3) is 6.14. The van der Waals surface area contributed by atoms with Crippen molar-refractivity contribution in [3.8, 4) is 16.9 Å². The molecule has 9 nitrogen and oxygen atoms in total. The minimum Gasteiger partial charge on any atom is -0.480 e. The van der Waals surface area contributed by atoms with E-state index in [4.69, 9.17) is 14.5 Å². The van der Waals surface area contributed by atoms with Crippen molar-refractivity contribution in [3.05, 3.63) is 89.0 Å². The molecule has 194 valence electrons. The summed E-state index contributed by atoms with van der Waals surface area (Å²) in [5.41, 5.74) is 3.24. The lowest BCUT2D eigenvalue weighted by Gasteiger charge is -2.18. The molecule has 1 aliphatic carbocycles. The predicted molar refractivity (Wildman–Crippen MR) is 127 cm³/mol. The Morgan fingerprint density at radius 2 is 1.57 bits per heavy atom. The van der Waals surface area contributed by atoms with Crippen molar-refractivity contribution < 1.29 is 47.1 Å². The molecule has 0 radical (unpaired) electrons. The van der Waals surface area contributed by atoms with Crippen LogP contribution in [-0.2, 0) is 20.5 Å². The maximum absolute atomic E-state index is 13.4. The van der Waals surface area contributed by atoms with E-state index in [-0.39, 0.29) is 18.1 Å². The molecule has 4 rings (SSSR count). The molecule has 37 heavy (non-hydrogen) atoms. The van der Waals surface area contributed by atoms with Gasteiger partial charge in [-0.05, 0) is 39.9 Å². The minimum absolute atomic E-state index is 0.0455. The second-order valence-corrected chi connectivity index (χ2v) is 9.48. The van der Waals surface area contributed by atoms with Crippen molar-refractivity contribution in [1.82, 2.24) is 5.32 Å². The highest BCUT2D eigenvalue weighted by Crippen LogP contribution is 2.44. The molecule has 0 saturated carbocycles. The SMILES string of the molecule is O=C(NC(Cc1ccc(OP(=O)(O)O)c(C(F)F)c1)C(=O)O)OCC1c2ccccc2-c2ccccc21. The second kappa shape index (κ2) is 10.7. The maximum Gasteiger partial charge on any atom is 0.524 e. The summed E-state index contributed by atoms with van der Waals surface area (Å²) < 4.78 is 47.5. The summed E-state index contributed by atoms with van der Waals surface area (Å²) in [6, 6.07) is 16.8. The van der Waals surface area contributed by atoms with Crippen LogP contribution in [0, 0.1) is 0 Å². The Morgan fingerprint density at radius 1 is 0.973 bits per heavy atom. The summed E-state index contributed by atoms with van der Waals surface area (Å²) in [6.07, 6.45) is -4.54. The highest BCUT2D eigenvalue weighted by atomic mass is 31.2. The molecule has 3 aromatic carbocycles. The molecule has 1 atom stereocenters. The van der Waals surface area contributed by atoms with Gasteiger partial charge in [-0.3, -0.25) is 9.79 Å². The molecule has 0 aromatic heterocycles. The monoisotopic (exact) mass is 533 g/mol. The van der Waals surface area contributed by atoms with Crippen molar-refractivity contribution in [2.24, 2.45) is 0 Å². The van der Waals surface area contributed by atoms with Gasteiger partial charge >= 0.3 is 19.9 Å². The number of ether oxygens (including phenoxy) is 1. The van der Waals surface area contributed by atoms with E-state index < -0.39 is 50.1 Å². The minimum atomic E-state index is -5.09. The number of carboxylic acids is 1. The number of halogens is 2. The van der Waals surface area contributed by atoms with Gasteiger partial charge in [-0.25, -0.2) is 22.9 Å². The second-order valence-electron chi connectivity index (χ2n) is 8.32. The van der Waals surface area contributed by atoms with E-state index in [1.807, 2.05) is 48.5 Å². The van der Waals surface area contributed by atoms with E-state index in [2.05, 4.69) is 9.84 Å². The third-order valence-electron chi connectivity index (χ3n) is 5.90. The molecule has 4 N–H and O–H groups in total. The number of carbonyl (C=O) groups is 2. The number of nitrogens with one attached hydrogen (secondary N) is 1. The third-order valence-corrected chi connectivity index (χ3v) is 6.33. The first kappa shape index (κ1) is 26.3. The van der Waals surface area contributed by atoms with E-state index in [1.54, 1.807) is 0 Å². The van der Waals surface area contributed by atoms with Crippen molar-refractivity contribution in [2.45, 2.75) is 24.8 Å². The molecule has 0 heterocycles. The summed E-state index contributed by atoms with van der Waals surface area (Å²) >= 11 is 0. The van der Waals surface area contributed by atoms with Gasteiger partial charge in [0.25, 0.3) is 6.43 Å². The average molecular weight is 533 g/mol. The number of alkyl halides is 2. The molecule has 0 bridgehead atoms. The van der Waals surface area contributed by atoms with Crippen LogP contribution in [0.1, 0.15) is 34.6 Å². The summed E-state index contributed by atoms with van der Waals surface area (Å²) in [4.78, 5) is 42.1. The quantitative estimate of drug-likeness (QED) is 0.292. The molecule has 1 amide bonds. The zero-order valence-electron chi connectivity index (χ0n) is 19.1. The molecule has 0 fully saturated rings. The Balaban J connectivity index is 1.44. The molecule has 12 heteroatoms. The van der Waals surface area contributed by atoms with E-state index in [1.165, 1.54) is 6.07 Å². The van der Waals surface area contributed by atoms with Crippen molar-refractivity contribution in [1.29, 1.82) is 0 Å². The number of carbonyl (C=O) groups excluding carboxylic acids is 1. The number of alkyl carbamates (subject to hydrolysis) is 1. The van der Waals surface area contributed by atoms with Gasteiger partial charge in [0.2, 0.25) is 0 Å². The fourth-order valence-electron chi connectivity index (χ4n) is 4.32. The Bertz CT molecular complexity index is 1330. The first-order valence-electron chi connectivity index (χ1n) is 11.0. The van der Waals surface area contributed by atoms with Crippen molar-refractivity contribution >= 4 is 19.9 Å². The number of fused-ring (bicyclic) bond motifs is 3. The van der Waals surface area contributed by atoms with Gasteiger partial charge in [-0.1, -0.05) is 54.6 Å². The topological polar surface area (TPSA) is 142 Å². The fraction of sp³-hybridized carbons (Fsp3) is 0.200. The van der Waals surface area contributed by atoms with Gasteiger partial charge in [-0.15, -0.1) is 0 Å². The molecule has 0 aliphatic heterocycles. The van der Waals surface area contributed by atoms with Crippen LogP contribution >= 0.6 is 7.82 Å². The van der Waals surface area contributed by atoms with Crippen LogP contribution in [0.3, 0.4) is 0 Å². The number of aliphatic carboxylic acids is 1. The number of phosphoric ester groups is 1. The normalized spacial score (nSPS) is 13.5. The van der Waals surface area contributed by atoms with Crippen LogP contribution < -0.4 is 9.84 Å². The van der Waals surface area contributed by atoms with Crippen LogP contribution in [0.5, 0.6) is 5.75 Å². The van der Waals surface area contributed by atoms with E-state index >= 15 is 0 Å². The molecular formula is C25H22F2NO8P. The van der Waals surface area contributed by atoms with E-state index in [0.29, 0.717) is 0 Å². The summed E-state index contributed by atoms with van der Waals surface area (Å²) in [7, 11) is -5.09. The van der Waals surface area contributed by atoms with Crippen molar-refractivity contribution in [2.75, 3.05) is 6.61 Å². The van der Waals surface area contributed by atoms with Crippen molar-refractivity contribution in [3.63, 3.8) is 0 Å². The molecule has 1 aliphatic rings. The molecule has 0 saturated heterocycles. The van der Waals surface area contributed by atoms with Gasteiger partial charge in [0.1, 0.15) is 18.4 Å². The van der Waals surface area contributed by atoms with Gasteiger partial charge in [0, 0.05) is 12.3 Å². The standard InChI is InChI=1S/C25H22F2NO8P/c26-23(27)19-11-14(9-10-22(19)36-37(32,33)34)12-21(24(29)30)28-25(31)35-13-20-17-7-3-1-5-15(17)16-6-2-4-8-18(16)20/h1-11,20-21,23H,12-13H2,(H,28,31)(H,29,30)(H2,32,33,34). The average Bonchev–Trinajstić information content (AvgIpc) is 3.16. The Morgan fingerprint density at radius 3 is 2.11 bits per heavy atom. The number of hydrogen-bond acceptors (Lipinski definition) is 5. The summed E-state index contributed by atoms with van der Waals surface area (Å²) in [6.45, 7) is -0.0455. The fourth-order valence-corrected chi connectivity index (χ4v) is 4.75. The highest BCUT2D eigenvalue weighted by Gasteiger charge is 2.30. The van der Waals surface area contributed by atoms with Crippen LogP contribution in [0.4, 0.5) is 13.6 Å². The van der Waals surface area contributed by atoms with E-state index in [9.17, 15) is 28.0 Å². The molecule has 0 spiro atoms. The number of phosphoric acid groups is 1. The van der Waals surface area contributed by atoms with Gasteiger partial charge < -0.3 is 19.7 Å². The Hall–Kier alpha value is -3.79. The number of rotatable bonds is 9. The number of carboxylic acid groups (broad SMARTS) is 1. The zero-order chi connectivity index (χ0) is 26.7. The first-order chi connectivity index (χ1) is 17.5. The summed E-state index contributed by atoms with van der Waals surface area (Å²) in [5.74, 6) is -2.40. The van der Waals surface area contributed by atoms with Crippen LogP contribution in [0.2, 0.25) is 0 Å². The van der Waals surface area contributed by atoms with Crippen LogP contribution in [0.15, 0.2) is 66.7 Å². The lowest BCUT2D eigenvalue weighted by atomic mass is 9.98. The van der Waals surface area contributed by atoms with Gasteiger partial charge in [0.05, 0.1) is 5.56 Å². The largest absolute Gasteiger partial charge is 0.524 e. The lowest BCUT2D eigenvalue weighted by Crippen LogP contribution is -2.42. The smallest absolute Gasteiger partial charge is 0.480 e. The maximum atomic E-state index is 13.4. The van der Waals surface area contributed by atoms with E-state index in [0.717, 1.165) is 34.4 Å². The first-order valence-corrected chi connectivity index (χ1v) is 12.6. The molecule has 1 unspecified atom stereocenters. The molecule has 3 aromatic rings. The van der Waals surface area contributed by atoms with Crippen LogP contribution in [0.25, 0.3) is 11.1 Å². The number of benzene rings is 3. The Kier molecular flexibility index (Phi) is 7.58. The number of amides is 1. The zero-order valence-corrected chi connectivity index (χ0v) is 20.0. The number of hydrogen-bond donors (Lipinski definition) is 4. The van der Waals surface area contributed by atoms with Gasteiger partial charge in [0.15, 0.2) is 0 Å². The summed E-state index contributed by atoms with van der Waals surface area (Å²) in [5, 5.41) is 11.8. The lowest BCUT2D eigenvalue weighted by molar-refractivity contribution is -0.139.